The fourth-order valence-electron chi connectivity index (χ4n) is 0.544. The molecule has 0 atom stereocenters. The molecule has 1 heterocycles. The summed E-state index contributed by atoms with van der Waals surface area (Å²) in [6.07, 6.45) is 12.4. The first kappa shape index (κ1) is 10.1. The third-order valence-corrected chi connectivity index (χ3v) is 1.02. The third kappa shape index (κ3) is 2.80. The van der Waals surface area contributed by atoms with E-state index in [0.29, 0.717) is 5.69 Å². The molecule has 0 saturated carbocycles. The molecule has 0 aromatic carbocycles. The minimum atomic E-state index is -0.215. The summed E-state index contributed by atoms with van der Waals surface area (Å²) in [4.78, 5) is 18.3. The highest BCUT2D eigenvalue weighted by Crippen LogP contribution is 1.87. The highest BCUT2D eigenvalue weighted by atomic mass is 16.1. The van der Waals surface area contributed by atoms with E-state index in [1.54, 1.807) is 7.05 Å². The van der Waals surface area contributed by atoms with Crippen LogP contribution in [-0.4, -0.2) is 22.9 Å². The molecule has 4 heteroatoms. The SMILES string of the molecule is C#C.CNC(=O)c1cnccn1. The van der Waals surface area contributed by atoms with Gasteiger partial charge >= 0.3 is 0 Å². The van der Waals surface area contributed by atoms with Gasteiger partial charge in [0, 0.05) is 19.4 Å². The molecule has 0 unspecified atom stereocenters. The van der Waals surface area contributed by atoms with E-state index in [2.05, 4.69) is 28.1 Å². The van der Waals surface area contributed by atoms with Crippen molar-refractivity contribution in [1.82, 2.24) is 15.3 Å². The Bertz CT molecular complexity index is 256. The van der Waals surface area contributed by atoms with Gasteiger partial charge in [-0.05, 0) is 0 Å². The Kier molecular flexibility index (Phi) is 4.94. The minimum absolute atomic E-state index is 0.215. The zero-order valence-electron chi connectivity index (χ0n) is 6.69. The summed E-state index contributed by atoms with van der Waals surface area (Å²) in [6.45, 7) is 0. The van der Waals surface area contributed by atoms with Crippen LogP contribution in [0, 0.1) is 12.8 Å². The number of carbonyl (C=O) groups is 1. The van der Waals surface area contributed by atoms with Crippen molar-refractivity contribution in [3.8, 4) is 12.8 Å². The molecule has 4 nitrogen and oxygen atoms in total. The lowest BCUT2D eigenvalue weighted by molar-refractivity contribution is 0.0958. The fraction of sp³-hybridized carbons (Fsp3) is 0.125. The van der Waals surface area contributed by atoms with E-state index < -0.39 is 0 Å². The maximum atomic E-state index is 10.8. The minimum Gasteiger partial charge on any atom is -0.354 e. The second-order valence-corrected chi connectivity index (χ2v) is 1.67. The number of nitrogens with zero attached hydrogens (tertiary/aromatic N) is 2. The fourth-order valence-corrected chi connectivity index (χ4v) is 0.544. The predicted octanol–water partition coefficient (Wildman–Crippen LogP) is 0.0856. The molecule has 0 aliphatic rings. The monoisotopic (exact) mass is 163 g/mol. The molecule has 0 bridgehead atoms. The van der Waals surface area contributed by atoms with Crippen LogP contribution >= 0.6 is 0 Å². The molecule has 1 rings (SSSR count). The first-order chi connectivity index (χ1) is 5.84. The smallest absolute Gasteiger partial charge is 0.271 e. The van der Waals surface area contributed by atoms with Crippen molar-refractivity contribution in [3.05, 3.63) is 24.3 Å². The van der Waals surface area contributed by atoms with Crippen LogP contribution in [0.25, 0.3) is 0 Å². The first-order valence-electron chi connectivity index (χ1n) is 3.16. The summed E-state index contributed by atoms with van der Waals surface area (Å²) in [5.41, 5.74) is 0.338. The van der Waals surface area contributed by atoms with Gasteiger partial charge in [-0.15, -0.1) is 12.8 Å². The standard InChI is InChI=1S/C6H7N3O.C2H2/c1-7-6(10)5-4-8-2-3-9-5;1-2/h2-4H,1H3,(H,7,10);1-2H. The van der Waals surface area contributed by atoms with Crippen molar-refractivity contribution in [1.29, 1.82) is 0 Å². The molecule has 0 radical (unpaired) electrons. The third-order valence-electron chi connectivity index (χ3n) is 1.02. The van der Waals surface area contributed by atoms with Crippen molar-refractivity contribution >= 4 is 5.91 Å². The molecule has 0 aliphatic carbocycles. The lowest BCUT2D eigenvalue weighted by Crippen LogP contribution is -2.19. The quantitative estimate of drug-likeness (QED) is 0.597. The molecule has 1 N–H and O–H groups in total. The molecule has 0 spiro atoms. The van der Waals surface area contributed by atoms with Crippen LogP contribution in [0.1, 0.15) is 10.5 Å². The van der Waals surface area contributed by atoms with Gasteiger partial charge in [-0.3, -0.25) is 9.78 Å². The van der Waals surface area contributed by atoms with Crippen LogP contribution in [-0.2, 0) is 0 Å². The van der Waals surface area contributed by atoms with Gasteiger partial charge in [-0.1, -0.05) is 0 Å². The van der Waals surface area contributed by atoms with Crippen LogP contribution in [0.4, 0.5) is 0 Å². The van der Waals surface area contributed by atoms with E-state index in [1.165, 1.54) is 18.6 Å². The Morgan fingerprint density at radius 1 is 1.50 bits per heavy atom. The van der Waals surface area contributed by atoms with Crippen molar-refractivity contribution in [2.24, 2.45) is 0 Å². The molecular formula is C8H9N3O. The molecule has 1 aromatic rings. The Labute approximate surface area is 71.0 Å². The summed E-state index contributed by atoms with van der Waals surface area (Å²) in [5.74, 6) is -0.215. The largest absolute Gasteiger partial charge is 0.354 e. The molecule has 0 saturated heterocycles. The Balaban J connectivity index is 0.000000561. The maximum Gasteiger partial charge on any atom is 0.271 e. The molecule has 1 amide bonds. The number of hydrogen-bond donors (Lipinski definition) is 1. The number of nitrogens with one attached hydrogen (secondary N) is 1. The molecule has 0 fully saturated rings. The maximum absolute atomic E-state index is 10.8. The number of hydrogen-bond acceptors (Lipinski definition) is 3. The number of aromatic nitrogens is 2. The summed E-state index contributed by atoms with van der Waals surface area (Å²) in [6, 6.07) is 0. The van der Waals surface area contributed by atoms with Crippen LogP contribution < -0.4 is 5.32 Å². The van der Waals surface area contributed by atoms with Crippen LogP contribution in [0.15, 0.2) is 18.6 Å². The second kappa shape index (κ2) is 5.86. The Morgan fingerprint density at radius 3 is 2.58 bits per heavy atom. The topological polar surface area (TPSA) is 54.9 Å². The zero-order chi connectivity index (χ0) is 9.40. The molecule has 62 valence electrons. The number of carbonyl (C=O) groups excluding carboxylic acids is 1. The lowest BCUT2D eigenvalue weighted by atomic mass is 10.4. The van der Waals surface area contributed by atoms with E-state index in [1.807, 2.05) is 0 Å². The van der Waals surface area contributed by atoms with Gasteiger partial charge in [0.1, 0.15) is 5.69 Å². The van der Waals surface area contributed by atoms with Crippen molar-refractivity contribution in [3.63, 3.8) is 0 Å². The Hall–Kier alpha value is -1.89. The average Bonchev–Trinajstić information content (AvgIpc) is 2.21. The van der Waals surface area contributed by atoms with Crippen LogP contribution in [0.5, 0.6) is 0 Å². The summed E-state index contributed by atoms with van der Waals surface area (Å²) >= 11 is 0. The van der Waals surface area contributed by atoms with Crippen molar-refractivity contribution in [2.75, 3.05) is 7.05 Å². The van der Waals surface area contributed by atoms with E-state index in [-0.39, 0.29) is 5.91 Å². The van der Waals surface area contributed by atoms with E-state index in [9.17, 15) is 4.79 Å². The predicted molar refractivity (Wildman–Crippen MR) is 45.3 cm³/mol. The molecule has 0 aliphatic heterocycles. The van der Waals surface area contributed by atoms with Crippen LogP contribution in [0.3, 0.4) is 0 Å². The first-order valence-corrected chi connectivity index (χ1v) is 3.16. The number of terminal acetylenes is 1. The van der Waals surface area contributed by atoms with Gasteiger partial charge in [0.15, 0.2) is 0 Å². The van der Waals surface area contributed by atoms with Gasteiger partial charge in [0.05, 0.1) is 6.20 Å². The van der Waals surface area contributed by atoms with Crippen molar-refractivity contribution in [2.45, 2.75) is 0 Å². The normalized spacial score (nSPS) is 7.58. The van der Waals surface area contributed by atoms with Crippen LogP contribution in [0.2, 0.25) is 0 Å². The van der Waals surface area contributed by atoms with Gasteiger partial charge in [0.2, 0.25) is 0 Å². The Morgan fingerprint density at radius 2 is 2.17 bits per heavy atom. The summed E-state index contributed by atoms with van der Waals surface area (Å²) in [7, 11) is 1.55. The summed E-state index contributed by atoms with van der Waals surface area (Å²) < 4.78 is 0. The van der Waals surface area contributed by atoms with E-state index in [0.717, 1.165) is 0 Å². The van der Waals surface area contributed by atoms with Gasteiger partial charge in [-0.25, -0.2) is 4.98 Å². The molecule has 1 aromatic heterocycles. The van der Waals surface area contributed by atoms with E-state index in [4.69, 9.17) is 0 Å². The second-order valence-electron chi connectivity index (χ2n) is 1.67. The molecular weight excluding hydrogens is 154 g/mol. The van der Waals surface area contributed by atoms with Gasteiger partial charge in [0.25, 0.3) is 5.91 Å². The van der Waals surface area contributed by atoms with Gasteiger partial charge < -0.3 is 5.32 Å². The van der Waals surface area contributed by atoms with Gasteiger partial charge in [-0.2, -0.15) is 0 Å². The average molecular weight is 163 g/mol. The van der Waals surface area contributed by atoms with Crippen molar-refractivity contribution < 1.29 is 4.79 Å². The highest BCUT2D eigenvalue weighted by Gasteiger charge is 2.01. The van der Waals surface area contributed by atoms with E-state index >= 15 is 0 Å². The lowest BCUT2D eigenvalue weighted by Gasteiger charge is -1.94. The molecule has 12 heavy (non-hydrogen) atoms. The number of rotatable bonds is 1. The zero-order valence-corrected chi connectivity index (χ0v) is 6.69. The highest BCUT2D eigenvalue weighted by molar-refractivity contribution is 5.91. The number of amides is 1. The summed E-state index contributed by atoms with van der Waals surface area (Å²) in [5, 5.41) is 2.44.